The zero-order valence-electron chi connectivity index (χ0n) is 17.2. The minimum atomic E-state index is -0.425. The number of carbonyl (C=O) groups excluding carboxylic acids is 1. The van der Waals surface area contributed by atoms with Crippen LogP contribution in [0, 0.1) is 0 Å². The smallest absolute Gasteiger partial charge is 0.253 e. The number of nitrogens with zero attached hydrogens (tertiary/aromatic N) is 4. The van der Waals surface area contributed by atoms with Crippen molar-refractivity contribution in [2.75, 3.05) is 7.11 Å². The normalized spacial score (nSPS) is 12.0. The molecule has 0 saturated carbocycles. The number of carbonyl (C=O) groups is 1. The number of aromatic nitrogens is 3. The SMILES string of the molecule is C=CCn1c(SC(C)C(=O)N/N=C/c2cccc(OC)c2)nnc1-c1cccc(Br)c1. The summed E-state index contributed by atoms with van der Waals surface area (Å²) in [7, 11) is 1.60. The molecule has 0 aliphatic rings. The zero-order valence-corrected chi connectivity index (χ0v) is 19.6. The molecule has 0 saturated heterocycles. The molecular weight excluding hydrogens is 478 g/mol. The van der Waals surface area contributed by atoms with Gasteiger partial charge in [-0.15, -0.1) is 16.8 Å². The fourth-order valence-electron chi connectivity index (χ4n) is 2.71. The lowest BCUT2D eigenvalue weighted by atomic mass is 10.2. The van der Waals surface area contributed by atoms with Gasteiger partial charge in [-0.05, 0) is 36.8 Å². The first-order valence-corrected chi connectivity index (χ1v) is 11.1. The standard InChI is InChI=1S/C22H22BrN5O2S/c1-4-11-28-20(17-8-6-9-18(23)13-17)25-27-22(28)31-15(2)21(29)26-24-14-16-7-5-10-19(12-16)30-3/h4-10,12-15H,1,11H2,2-3H3,(H,26,29)/b24-14+. The van der Waals surface area contributed by atoms with Crippen LogP contribution in [-0.2, 0) is 11.3 Å². The van der Waals surface area contributed by atoms with E-state index >= 15 is 0 Å². The second-order valence-electron chi connectivity index (χ2n) is 6.49. The average molecular weight is 500 g/mol. The quantitative estimate of drug-likeness (QED) is 0.202. The summed E-state index contributed by atoms with van der Waals surface area (Å²) in [5.41, 5.74) is 4.32. The number of halogens is 1. The van der Waals surface area contributed by atoms with Crippen molar-refractivity contribution in [3.63, 3.8) is 0 Å². The summed E-state index contributed by atoms with van der Waals surface area (Å²) in [5, 5.41) is 12.9. The summed E-state index contributed by atoms with van der Waals surface area (Å²) in [6.45, 7) is 6.15. The van der Waals surface area contributed by atoms with Crippen molar-refractivity contribution in [2.24, 2.45) is 5.10 Å². The number of hydrogen-bond donors (Lipinski definition) is 1. The molecule has 7 nitrogen and oxygen atoms in total. The molecule has 160 valence electrons. The largest absolute Gasteiger partial charge is 0.497 e. The van der Waals surface area contributed by atoms with Gasteiger partial charge in [0, 0.05) is 16.6 Å². The van der Waals surface area contributed by atoms with E-state index in [0.717, 1.165) is 21.3 Å². The number of amides is 1. The van der Waals surface area contributed by atoms with Crippen LogP contribution in [0.25, 0.3) is 11.4 Å². The van der Waals surface area contributed by atoms with Gasteiger partial charge in [-0.3, -0.25) is 9.36 Å². The first kappa shape index (κ1) is 22.8. The van der Waals surface area contributed by atoms with Gasteiger partial charge < -0.3 is 4.74 Å². The maximum absolute atomic E-state index is 12.5. The number of methoxy groups -OCH3 is 1. The minimum absolute atomic E-state index is 0.235. The third-order valence-corrected chi connectivity index (χ3v) is 5.82. The number of nitrogens with one attached hydrogen (secondary N) is 1. The van der Waals surface area contributed by atoms with Crippen LogP contribution in [-0.4, -0.2) is 39.2 Å². The van der Waals surface area contributed by atoms with Crippen molar-refractivity contribution < 1.29 is 9.53 Å². The highest BCUT2D eigenvalue weighted by atomic mass is 79.9. The van der Waals surface area contributed by atoms with Crippen molar-refractivity contribution in [1.82, 2.24) is 20.2 Å². The van der Waals surface area contributed by atoms with E-state index in [2.05, 4.69) is 43.2 Å². The van der Waals surface area contributed by atoms with E-state index in [9.17, 15) is 4.79 Å². The van der Waals surface area contributed by atoms with E-state index in [4.69, 9.17) is 4.74 Å². The summed E-state index contributed by atoms with van der Waals surface area (Å²) < 4.78 is 8.07. The number of hydrogen-bond acceptors (Lipinski definition) is 6. The molecule has 1 aromatic heterocycles. The topological polar surface area (TPSA) is 81.4 Å². The molecule has 9 heteroatoms. The predicted molar refractivity (Wildman–Crippen MR) is 127 cm³/mol. The molecule has 3 rings (SSSR count). The Labute approximate surface area is 193 Å². The molecular formula is C22H22BrN5O2S. The van der Waals surface area contributed by atoms with Crippen LogP contribution in [0.15, 0.2) is 75.9 Å². The van der Waals surface area contributed by atoms with Crippen molar-refractivity contribution in [1.29, 1.82) is 0 Å². The molecule has 0 spiro atoms. The molecule has 0 fully saturated rings. The lowest BCUT2D eigenvalue weighted by Crippen LogP contribution is -2.27. The molecule has 0 bridgehead atoms. The lowest BCUT2D eigenvalue weighted by Gasteiger charge is -2.11. The van der Waals surface area contributed by atoms with Gasteiger partial charge in [0.15, 0.2) is 11.0 Å². The van der Waals surface area contributed by atoms with Gasteiger partial charge in [-0.2, -0.15) is 5.10 Å². The Kier molecular flexibility index (Phi) is 8.02. The number of hydrazone groups is 1. The minimum Gasteiger partial charge on any atom is -0.497 e. The highest BCUT2D eigenvalue weighted by molar-refractivity contribution is 9.10. The molecule has 0 aliphatic heterocycles. The molecule has 1 unspecified atom stereocenters. The van der Waals surface area contributed by atoms with Gasteiger partial charge in [0.2, 0.25) is 0 Å². The highest BCUT2D eigenvalue weighted by Gasteiger charge is 2.20. The Hall–Kier alpha value is -2.91. The summed E-state index contributed by atoms with van der Waals surface area (Å²) in [6.07, 6.45) is 3.35. The van der Waals surface area contributed by atoms with E-state index in [-0.39, 0.29) is 5.91 Å². The van der Waals surface area contributed by atoms with Crippen LogP contribution >= 0.6 is 27.7 Å². The zero-order chi connectivity index (χ0) is 22.2. The Morgan fingerprint density at radius 2 is 2.13 bits per heavy atom. The molecule has 3 aromatic rings. The van der Waals surface area contributed by atoms with E-state index < -0.39 is 5.25 Å². The number of ether oxygens (including phenoxy) is 1. The van der Waals surface area contributed by atoms with E-state index in [1.807, 2.05) is 53.1 Å². The van der Waals surface area contributed by atoms with Crippen LogP contribution < -0.4 is 10.2 Å². The van der Waals surface area contributed by atoms with Gasteiger partial charge in [0.25, 0.3) is 5.91 Å². The van der Waals surface area contributed by atoms with E-state index in [1.54, 1.807) is 26.3 Å². The van der Waals surface area contributed by atoms with Gasteiger partial charge in [-0.1, -0.05) is 58.0 Å². The Morgan fingerprint density at radius 3 is 2.87 bits per heavy atom. The molecule has 0 radical (unpaired) electrons. The first-order valence-electron chi connectivity index (χ1n) is 9.45. The Balaban J connectivity index is 1.69. The summed E-state index contributed by atoms with van der Waals surface area (Å²) in [5.74, 6) is 1.20. The van der Waals surface area contributed by atoms with Crippen LogP contribution in [0.4, 0.5) is 0 Å². The number of thioether (sulfide) groups is 1. The maximum Gasteiger partial charge on any atom is 0.253 e. The molecule has 1 N–H and O–H groups in total. The first-order chi connectivity index (χ1) is 15.0. The fourth-order valence-corrected chi connectivity index (χ4v) is 3.96. The summed E-state index contributed by atoms with van der Waals surface area (Å²) >= 11 is 4.80. The van der Waals surface area contributed by atoms with E-state index in [0.29, 0.717) is 17.5 Å². The number of benzene rings is 2. The van der Waals surface area contributed by atoms with E-state index in [1.165, 1.54) is 11.8 Å². The lowest BCUT2D eigenvalue weighted by molar-refractivity contribution is -0.120. The third-order valence-electron chi connectivity index (χ3n) is 4.24. The van der Waals surface area contributed by atoms with Crippen LogP contribution in [0.3, 0.4) is 0 Å². The highest BCUT2D eigenvalue weighted by Crippen LogP contribution is 2.28. The molecule has 0 aliphatic carbocycles. The van der Waals surface area contributed by atoms with Crippen molar-refractivity contribution in [2.45, 2.75) is 23.9 Å². The van der Waals surface area contributed by atoms with Crippen molar-refractivity contribution in [3.05, 3.63) is 71.2 Å². The third kappa shape index (κ3) is 6.05. The molecule has 2 aromatic carbocycles. The fraction of sp³-hybridized carbons (Fsp3) is 0.182. The van der Waals surface area contributed by atoms with Crippen molar-refractivity contribution >= 4 is 39.8 Å². The van der Waals surface area contributed by atoms with Crippen molar-refractivity contribution in [3.8, 4) is 17.1 Å². The summed E-state index contributed by atoms with van der Waals surface area (Å²) in [4.78, 5) is 12.5. The van der Waals surface area contributed by atoms with Gasteiger partial charge in [0.05, 0.1) is 18.6 Å². The second-order valence-corrected chi connectivity index (χ2v) is 8.71. The summed E-state index contributed by atoms with van der Waals surface area (Å²) in [6, 6.07) is 15.2. The maximum atomic E-state index is 12.5. The predicted octanol–water partition coefficient (Wildman–Crippen LogP) is 4.53. The van der Waals surface area contributed by atoms with Crippen LogP contribution in [0.1, 0.15) is 12.5 Å². The van der Waals surface area contributed by atoms with Crippen LogP contribution in [0.2, 0.25) is 0 Å². The molecule has 1 atom stereocenters. The molecule has 31 heavy (non-hydrogen) atoms. The Morgan fingerprint density at radius 1 is 1.32 bits per heavy atom. The average Bonchev–Trinajstić information content (AvgIpc) is 3.16. The number of allylic oxidation sites excluding steroid dienone is 1. The van der Waals surface area contributed by atoms with Crippen LogP contribution in [0.5, 0.6) is 5.75 Å². The number of rotatable bonds is 9. The Bertz CT molecular complexity index is 1100. The van der Waals surface area contributed by atoms with Gasteiger partial charge in [0.1, 0.15) is 5.75 Å². The molecule has 1 amide bonds. The molecule has 1 heterocycles. The van der Waals surface area contributed by atoms with Gasteiger partial charge >= 0.3 is 0 Å². The van der Waals surface area contributed by atoms with Gasteiger partial charge in [-0.25, -0.2) is 5.43 Å². The monoisotopic (exact) mass is 499 g/mol. The second kappa shape index (κ2) is 10.9.